The summed E-state index contributed by atoms with van der Waals surface area (Å²) >= 11 is 5.85. The average Bonchev–Trinajstić information content (AvgIpc) is 2.96. The molecule has 0 radical (unpaired) electrons. The molecule has 5 heteroatoms. The molecule has 3 aromatic rings. The maximum Gasteiger partial charge on any atom is 0.226 e. The van der Waals surface area contributed by atoms with Gasteiger partial charge in [0.05, 0.1) is 12.1 Å². The summed E-state index contributed by atoms with van der Waals surface area (Å²) in [5, 5.41) is 3.56. The number of rotatable bonds is 5. The summed E-state index contributed by atoms with van der Waals surface area (Å²) in [5.41, 5.74) is 2.55. The molecule has 122 valence electrons. The Morgan fingerprint density at radius 2 is 1.83 bits per heavy atom. The molecule has 3 rings (SSSR count). The molecule has 0 aliphatic rings. The third-order valence-corrected chi connectivity index (χ3v) is 3.90. The van der Waals surface area contributed by atoms with Gasteiger partial charge >= 0.3 is 0 Å². The lowest BCUT2D eigenvalue weighted by Crippen LogP contribution is -2.24. The van der Waals surface area contributed by atoms with Crippen molar-refractivity contribution in [3.8, 4) is 11.5 Å². The Hall–Kier alpha value is -2.59. The lowest BCUT2D eigenvalue weighted by Gasteiger charge is -2.04. The summed E-state index contributed by atoms with van der Waals surface area (Å²) in [6, 6.07) is 17.0. The van der Waals surface area contributed by atoms with Gasteiger partial charge in [-0.2, -0.15) is 0 Å². The molecular formula is C19H17ClN2O2. The van der Waals surface area contributed by atoms with Gasteiger partial charge in [0.15, 0.2) is 0 Å². The van der Waals surface area contributed by atoms with E-state index in [1.807, 2.05) is 49.4 Å². The Labute approximate surface area is 145 Å². The molecule has 0 unspecified atom stereocenters. The molecule has 1 heterocycles. The molecule has 0 aliphatic carbocycles. The summed E-state index contributed by atoms with van der Waals surface area (Å²) in [6.45, 7) is 2.28. The fourth-order valence-corrected chi connectivity index (χ4v) is 2.44. The number of aromatic nitrogens is 1. The Kier molecular flexibility index (Phi) is 4.96. The normalized spacial score (nSPS) is 10.6. The first-order valence-electron chi connectivity index (χ1n) is 7.64. The first-order chi connectivity index (χ1) is 11.6. The van der Waals surface area contributed by atoms with Gasteiger partial charge in [0, 0.05) is 17.1 Å². The van der Waals surface area contributed by atoms with Crippen LogP contribution in [0.2, 0.25) is 5.02 Å². The molecule has 2 aromatic carbocycles. The van der Waals surface area contributed by atoms with Gasteiger partial charge in [-0.1, -0.05) is 41.9 Å². The maximum atomic E-state index is 12.1. The number of amides is 1. The van der Waals surface area contributed by atoms with E-state index < -0.39 is 0 Å². The first-order valence-corrected chi connectivity index (χ1v) is 8.02. The Morgan fingerprint density at radius 3 is 2.54 bits per heavy atom. The van der Waals surface area contributed by atoms with Crippen LogP contribution < -0.4 is 5.32 Å². The van der Waals surface area contributed by atoms with Crippen molar-refractivity contribution >= 4 is 17.5 Å². The highest BCUT2D eigenvalue weighted by molar-refractivity contribution is 6.30. The van der Waals surface area contributed by atoms with Crippen molar-refractivity contribution < 1.29 is 9.21 Å². The molecule has 24 heavy (non-hydrogen) atoms. The standard InChI is InChI=1S/C19H17ClN2O2/c1-13-17(22-19(24-13)15-5-3-2-4-6-15)11-18(23)21-12-14-7-9-16(20)10-8-14/h2-10H,11-12H2,1H3,(H,21,23). The molecule has 0 bridgehead atoms. The van der Waals surface area contributed by atoms with Gasteiger partial charge in [-0.05, 0) is 36.8 Å². The van der Waals surface area contributed by atoms with E-state index in [0.717, 1.165) is 11.1 Å². The predicted molar refractivity (Wildman–Crippen MR) is 93.7 cm³/mol. The molecule has 0 atom stereocenters. The van der Waals surface area contributed by atoms with E-state index in [1.165, 1.54) is 0 Å². The number of benzene rings is 2. The molecule has 4 nitrogen and oxygen atoms in total. The minimum Gasteiger partial charge on any atom is -0.441 e. The maximum absolute atomic E-state index is 12.1. The Bertz CT molecular complexity index is 826. The van der Waals surface area contributed by atoms with E-state index >= 15 is 0 Å². The largest absolute Gasteiger partial charge is 0.441 e. The molecule has 0 aliphatic heterocycles. The van der Waals surface area contributed by atoms with Gasteiger partial charge in [0.1, 0.15) is 5.76 Å². The highest BCUT2D eigenvalue weighted by Gasteiger charge is 2.14. The van der Waals surface area contributed by atoms with Crippen LogP contribution in [-0.2, 0) is 17.8 Å². The van der Waals surface area contributed by atoms with Gasteiger partial charge in [-0.25, -0.2) is 4.98 Å². The molecular weight excluding hydrogens is 324 g/mol. The monoisotopic (exact) mass is 340 g/mol. The number of nitrogens with one attached hydrogen (secondary N) is 1. The van der Waals surface area contributed by atoms with Crippen LogP contribution in [-0.4, -0.2) is 10.9 Å². The number of nitrogens with zero attached hydrogens (tertiary/aromatic N) is 1. The van der Waals surface area contributed by atoms with Crippen LogP contribution in [0.5, 0.6) is 0 Å². The second kappa shape index (κ2) is 7.32. The number of hydrogen-bond donors (Lipinski definition) is 1. The molecule has 0 spiro atoms. The van der Waals surface area contributed by atoms with E-state index in [1.54, 1.807) is 12.1 Å². The number of oxazole rings is 1. The molecule has 0 fully saturated rings. The fourth-order valence-electron chi connectivity index (χ4n) is 2.31. The van der Waals surface area contributed by atoms with Crippen molar-refractivity contribution in [3.63, 3.8) is 0 Å². The van der Waals surface area contributed by atoms with E-state index in [2.05, 4.69) is 10.3 Å². The van der Waals surface area contributed by atoms with Gasteiger partial charge < -0.3 is 9.73 Å². The zero-order valence-electron chi connectivity index (χ0n) is 13.3. The van der Waals surface area contributed by atoms with Crippen LogP contribution >= 0.6 is 11.6 Å². The van der Waals surface area contributed by atoms with Crippen molar-refractivity contribution in [2.75, 3.05) is 0 Å². The second-order valence-electron chi connectivity index (χ2n) is 5.47. The topological polar surface area (TPSA) is 55.1 Å². The van der Waals surface area contributed by atoms with Crippen molar-refractivity contribution in [2.24, 2.45) is 0 Å². The number of aryl methyl sites for hydroxylation is 1. The third-order valence-electron chi connectivity index (χ3n) is 3.64. The van der Waals surface area contributed by atoms with Crippen LogP contribution in [0.15, 0.2) is 59.0 Å². The fraction of sp³-hybridized carbons (Fsp3) is 0.158. The summed E-state index contributed by atoms with van der Waals surface area (Å²) in [7, 11) is 0. The minimum absolute atomic E-state index is 0.0963. The van der Waals surface area contributed by atoms with E-state index in [4.69, 9.17) is 16.0 Å². The predicted octanol–water partition coefficient (Wildman–Crippen LogP) is 4.16. The highest BCUT2D eigenvalue weighted by atomic mass is 35.5. The van der Waals surface area contributed by atoms with Crippen LogP contribution in [0.3, 0.4) is 0 Å². The van der Waals surface area contributed by atoms with Gasteiger partial charge in [-0.3, -0.25) is 4.79 Å². The average molecular weight is 341 g/mol. The lowest BCUT2D eigenvalue weighted by atomic mass is 10.2. The third kappa shape index (κ3) is 4.03. The van der Waals surface area contributed by atoms with E-state index in [0.29, 0.717) is 28.9 Å². The van der Waals surface area contributed by atoms with Crippen molar-refractivity contribution in [1.29, 1.82) is 0 Å². The first kappa shape index (κ1) is 16.3. The smallest absolute Gasteiger partial charge is 0.226 e. The second-order valence-corrected chi connectivity index (χ2v) is 5.90. The van der Waals surface area contributed by atoms with Crippen LogP contribution in [0.25, 0.3) is 11.5 Å². The molecule has 1 amide bonds. The summed E-state index contributed by atoms with van der Waals surface area (Å²) < 4.78 is 5.67. The van der Waals surface area contributed by atoms with Gasteiger partial charge in [0.2, 0.25) is 11.8 Å². The highest BCUT2D eigenvalue weighted by Crippen LogP contribution is 2.21. The van der Waals surface area contributed by atoms with Gasteiger partial charge in [-0.15, -0.1) is 0 Å². The van der Waals surface area contributed by atoms with Crippen LogP contribution in [0.1, 0.15) is 17.0 Å². The minimum atomic E-state index is -0.0963. The van der Waals surface area contributed by atoms with E-state index in [-0.39, 0.29) is 12.3 Å². The van der Waals surface area contributed by atoms with E-state index in [9.17, 15) is 4.79 Å². The van der Waals surface area contributed by atoms with Crippen molar-refractivity contribution in [3.05, 3.63) is 76.6 Å². The number of carbonyl (C=O) groups excluding carboxylic acids is 1. The van der Waals surface area contributed by atoms with Crippen LogP contribution in [0, 0.1) is 6.92 Å². The summed E-state index contributed by atoms with van der Waals surface area (Å²) in [5.74, 6) is 1.10. The lowest BCUT2D eigenvalue weighted by molar-refractivity contribution is -0.120. The zero-order valence-corrected chi connectivity index (χ0v) is 14.0. The summed E-state index contributed by atoms with van der Waals surface area (Å²) in [4.78, 5) is 16.6. The van der Waals surface area contributed by atoms with Crippen molar-refractivity contribution in [1.82, 2.24) is 10.3 Å². The SMILES string of the molecule is Cc1oc(-c2ccccc2)nc1CC(=O)NCc1ccc(Cl)cc1. The molecule has 0 saturated heterocycles. The molecule has 1 aromatic heterocycles. The van der Waals surface area contributed by atoms with Crippen molar-refractivity contribution in [2.45, 2.75) is 19.9 Å². The quantitative estimate of drug-likeness (QED) is 0.758. The number of carbonyl (C=O) groups is 1. The zero-order chi connectivity index (χ0) is 16.9. The van der Waals surface area contributed by atoms with Gasteiger partial charge in [0.25, 0.3) is 0 Å². The van der Waals surface area contributed by atoms with Crippen LogP contribution in [0.4, 0.5) is 0 Å². The molecule has 1 N–H and O–H groups in total. The number of halogens is 1. The Balaban J connectivity index is 1.62. The Morgan fingerprint density at radius 1 is 1.12 bits per heavy atom. The molecule has 0 saturated carbocycles. The number of hydrogen-bond acceptors (Lipinski definition) is 3. The summed E-state index contributed by atoms with van der Waals surface area (Å²) in [6.07, 6.45) is 0.190.